The predicted octanol–water partition coefficient (Wildman–Crippen LogP) is 2.34. The van der Waals surface area contributed by atoms with Crippen LogP contribution in [0.3, 0.4) is 0 Å². The minimum absolute atomic E-state index is 0.0214. The van der Waals surface area contributed by atoms with E-state index >= 15 is 0 Å². The zero-order valence-corrected chi connectivity index (χ0v) is 15.4. The quantitative estimate of drug-likeness (QED) is 0.754. The second kappa shape index (κ2) is 7.80. The number of nitrogens with zero attached hydrogens (tertiary/aromatic N) is 3. The molecule has 2 heterocycles. The summed E-state index contributed by atoms with van der Waals surface area (Å²) in [6.07, 6.45) is 0.572. The van der Waals surface area contributed by atoms with Crippen LogP contribution in [-0.4, -0.2) is 47.0 Å². The molecule has 2 aromatic carbocycles. The number of carbonyl (C=O) groups is 1. The fraction of sp³-hybridized carbons (Fsp3) is 0.286. The number of hydrogen-bond donors (Lipinski definition) is 1. The molecule has 0 unspecified atom stereocenters. The molecule has 4 rings (SSSR count). The van der Waals surface area contributed by atoms with Crippen LogP contribution in [0.15, 0.2) is 53.3 Å². The van der Waals surface area contributed by atoms with Crippen LogP contribution in [0.2, 0.25) is 0 Å². The van der Waals surface area contributed by atoms with Crippen LogP contribution in [0.4, 0.5) is 10.1 Å². The largest absolute Gasteiger partial charge is 0.368 e. The van der Waals surface area contributed by atoms with E-state index in [1.807, 2.05) is 23.1 Å². The Morgan fingerprint density at radius 3 is 2.50 bits per heavy atom. The number of rotatable bonds is 4. The topological polar surface area (TPSA) is 69.3 Å². The van der Waals surface area contributed by atoms with Gasteiger partial charge in [-0.1, -0.05) is 12.1 Å². The first kappa shape index (κ1) is 18.2. The van der Waals surface area contributed by atoms with Gasteiger partial charge in [-0.25, -0.2) is 9.37 Å². The number of nitrogens with one attached hydrogen (secondary N) is 1. The van der Waals surface area contributed by atoms with Gasteiger partial charge >= 0.3 is 0 Å². The molecule has 1 aromatic heterocycles. The summed E-state index contributed by atoms with van der Waals surface area (Å²) < 4.78 is 13.1. The number of hydrogen-bond acceptors (Lipinski definition) is 4. The van der Waals surface area contributed by atoms with Gasteiger partial charge in [0.05, 0.1) is 11.0 Å². The van der Waals surface area contributed by atoms with Gasteiger partial charge in [-0.3, -0.25) is 9.59 Å². The average molecular weight is 380 g/mol. The van der Waals surface area contributed by atoms with E-state index in [-0.39, 0.29) is 23.7 Å². The van der Waals surface area contributed by atoms with Crippen molar-refractivity contribution in [3.8, 4) is 0 Å². The summed E-state index contributed by atoms with van der Waals surface area (Å²) in [5, 5.41) is 0. The van der Waals surface area contributed by atoms with Crippen molar-refractivity contribution in [1.82, 2.24) is 14.9 Å². The van der Waals surface area contributed by atoms with Gasteiger partial charge in [-0.15, -0.1) is 0 Å². The molecule has 1 amide bonds. The molecular formula is C21H21FN4O2. The Morgan fingerprint density at radius 2 is 1.75 bits per heavy atom. The minimum Gasteiger partial charge on any atom is -0.368 e. The summed E-state index contributed by atoms with van der Waals surface area (Å²) in [6.45, 7) is 2.62. The van der Waals surface area contributed by atoms with E-state index in [0.717, 1.165) is 11.2 Å². The number of aromatic amines is 1. The minimum atomic E-state index is -0.255. The molecular weight excluding hydrogens is 359 g/mol. The lowest BCUT2D eigenvalue weighted by Gasteiger charge is -2.36. The number of benzene rings is 2. The summed E-state index contributed by atoms with van der Waals surface area (Å²) in [5.41, 5.74) is 2.52. The molecule has 1 N–H and O–H groups in total. The molecule has 7 heteroatoms. The molecule has 144 valence electrons. The van der Waals surface area contributed by atoms with Gasteiger partial charge in [0, 0.05) is 44.7 Å². The Bertz CT molecular complexity index is 1040. The van der Waals surface area contributed by atoms with Gasteiger partial charge in [0.1, 0.15) is 11.5 Å². The van der Waals surface area contributed by atoms with E-state index < -0.39 is 0 Å². The van der Waals surface area contributed by atoms with Gasteiger partial charge in [-0.2, -0.15) is 0 Å². The number of piperazine rings is 1. The van der Waals surface area contributed by atoms with Gasteiger partial charge in [0.25, 0.3) is 5.56 Å². The number of carbonyl (C=O) groups excluding carboxylic acids is 1. The maximum absolute atomic E-state index is 13.1. The average Bonchev–Trinajstić information content (AvgIpc) is 2.72. The van der Waals surface area contributed by atoms with Crippen LogP contribution in [-0.2, 0) is 11.2 Å². The molecule has 0 saturated carbocycles. The highest BCUT2D eigenvalue weighted by molar-refractivity contribution is 5.77. The van der Waals surface area contributed by atoms with E-state index in [0.29, 0.717) is 43.8 Å². The lowest BCUT2D eigenvalue weighted by molar-refractivity contribution is -0.131. The summed E-state index contributed by atoms with van der Waals surface area (Å²) in [7, 11) is 0. The number of para-hydroxylation sites is 2. The molecule has 1 saturated heterocycles. The zero-order valence-electron chi connectivity index (χ0n) is 15.4. The monoisotopic (exact) mass is 380 g/mol. The smallest absolute Gasteiger partial charge is 0.270 e. The number of aryl methyl sites for hydroxylation is 1. The summed E-state index contributed by atoms with van der Waals surface area (Å²) in [5.74, 6) is -0.233. The molecule has 0 bridgehead atoms. The number of aromatic nitrogens is 2. The lowest BCUT2D eigenvalue weighted by Crippen LogP contribution is -2.48. The summed E-state index contributed by atoms with van der Waals surface area (Å²) in [4.78, 5) is 35.9. The van der Waals surface area contributed by atoms with Crippen LogP contribution < -0.4 is 10.5 Å². The van der Waals surface area contributed by atoms with Crippen LogP contribution in [0.5, 0.6) is 0 Å². The van der Waals surface area contributed by atoms with Crippen LogP contribution in [0.1, 0.15) is 12.1 Å². The highest BCUT2D eigenvalue weighted by Gasteiger charge is 2.21. The first-order valence-corrected chi connectivity index (χ1v) is 9.36. The number of anilines is 1. The van der Waals surface area contributed by atoms with E-state index in [9.17, 15) is 14.0 Å². The van der Waals surface area contributed by atoms with Crippen molar-refractivity contribution in [2.45, 2.75) is 12.8 Å². The number of amides is 1. The third-order valence-electron chi connectivity index (χ3n) is 5.07. The summed E-state index contributed by atoms with van der Waals surface area (Å²) in [6, 6.07) is 13.7. The molecule has 28 heavy (non-hydrogen) atoms. The molecule has 3 aromatic rings. The van der Waals surface area contributed by atoms with Gasteiger partial charge < -0.3 is 14.8 Å². The fourth-order valence-corrected chi connectivity index (χ4v) is 3.49. The highest BCUT2D eigenvalue weighted by atomic mass is 19.1. The Labute approximate surface area is 161 Å². The Morgan fingerprint density at radius 1 is 1.04 bits per heavy atom. The van der Waals surface area contributed by atoms with E-state index in [1.165, 1.54) is 12.1 Å². The van der Waals surface area contributed by atoms with Crippen molar-refractivity contribution in [1.29, 1.82) is 0 Å². The predicted molar refractivity (Wildman–Crippen MR) is 106 cm³/mol. The second-order valence-electron chi connectivity index (χ2n) is 6.87. The van der Waals surface area contributed by atoms with Crippen LogP contribution in [0.25, 0.3) is 11.0 Å². The van der Waals surface area contributed by atoms with Crippen molar-refractivity contribution < 1.29 is 9.18 Å². The molecule has 1 aliphatic heterocycles. The van der Waals surface area contributed by atoms with Crippen molar-refractivity contribution in [3.05, 3.63) is 70.4 Å². The molecule has 0 atom stereocenters. The third kappa shape index (κ3) is 3.88. The molecule has 0 aliphatic carbocycles. The third-order valence-corrected chi connectivity index (χ3v) is 5.07. The van der Waals surface area contributed by atoms with E-state index in [4.69, 9.17) is 0 Å². The van der Waals surface area contributed by atoms with Crippen molar-refractivity contribution >= 4 is 22.6 Å². The van der Waals surface area contributed by atoms with Gasteiger partial charge in [-0.05, 0) is 36.4 Å². The molecule has 1 aliphatic rings. The fourth-order valence-electron chi connectivity index (χ4n) is 3.49. The lowest BCUT2D eigenvalue weighted by atomic mass is 10.2. The van der Waals surface area contributed by atoms with Crippen LogP contribution >= 0.6 is 0 Å². The van der Waals surface area contributed by atoms with Crippen molar-refractivity contribution in [3.63, 3.8) is 0 Å². The van der Waals surface area contributed by atoms with Gasteiger partial charge in [0.15, 0.2) is 0 Å². The normalized spacial score (nSPS) is 14.5. The first-order valence-electron chi connectivity index (χ1n) is 9.36. The second-order valence-corrected chi connectivity index (χ2v) is 6.87. The molecule has 1 fully saturated rings. The van der Waals surface area contributed by atoms with Crippen LogP contribution in [0, 0.1) is 5.82 Å². The zero-order chi connectivity index (χ0) is 19.5. The Balaban J connectivity index is 1.34. The summed E-state index contributed by atoms with van der Waals surface area (Å²) >= 11 is 0. The number of H-pyrrole nitrogens is 1. The maximum Gasteiger partial charge on any atom is 0.270 e. The first-order chi connectivity index (χ1) is 13.6. The molecule has 0 radical (unpaired) electrons. The number of halogens is 1. The van der Waals surface area contributed by atoms with Gasteiger partial charge in [0.2, 0.25) is 5.91 Å². The van der Waals surface area contributed by atoms with E-state index in [1.54, 1.807) is 18.2 Å². The standard InChI is InChI=1S/C21H21FN4O2/c22-15-5-7-16(8-6-15)25-11-13-26(14-12-25)20(27)10-9-19-21(28)24-18-4-2-1-3-17(18)23-19/h1-8H,9-14H2,(H,24,28). The Hall–Kier alpha value is -3.22. The van der Waals surface area contributed by atoms with Crippen molar-refractivity contribution in [2.24, 2.45) is 0 Å². The van der Waals surface area contributed by atoms with E-state index in [2.05, 4.69) is 14.9 Å². The highest BCUT2D eigenvalue weighted by Crippen LogP contribution is 2.17. The van der Waals surface area contributed by atoms with Crippen molar-refractivity contribution in [2.75, 3.05) is 31.1 Å². The SMILES string of the molecule is O=C(CCc1nc2ccccc2[nH]c1=O)N1CCN(c2ccc(F)cc2)CC1. The maximum atomic E-state index is 13.1. The molecule has 6 nitrogen and oxygen atoms in total. The number of fused-ring (bicyclic) bond motifs is 1. The Kier molecular flexibility index (Phi) is 5.06. The molecule has 0 spiro atoms.